The summed E-state index contributed by atoms with van der Waals surface area (Å²) in [5.74, 6) is -0.00521. The summed E-state index contributed by atoms with van der Waals surface area (Å²) in [6, 6.07) is 1.94. The van der Waals surface area contributed by atoms with Crippen LogP contribution in [0.25, 0.3) is 0 Å². The highest BCUT2D eigenvalue weighted by molar-refractivity contribution is 5.91. The van der Waals surface area contributed by atoms with Gasteiger partial charge in [0.1, 0.15) is 5.69 Å². The minimum absolute atomic E-state index is 0.172. The van der Waals surface area contributed by atoms with Crippen LogP contribution < -0.4 is 5.32 Å². The van der Waals surface area contributed by atoms with E-state index in [9.17, 15) is 9.59 Å². The van der Waals surface area contributed by atoms with Crippen molar-refractivity contribution in [2.45, 2.75) is 18.9 Å². The van der Waals surface area contributed by atoms with Crippen molar-refractivity contribution in [1.29, 1.82) is 0 Å². The number of likely N-dealkylation sites (tertiary alicyclic amines) is 1. The zero-order valence-electron chi connectivity index (χ0n) is 14.1. The molecule has 1 aromatic heterocycles. The smallest absolute Gasteiger partial charge is 0.271 e. The van der Waals surface area contributed by atoms with Crippen molar-refractivity contribution in [3.63, 3.8) is 0 Å². The van der Waals surface area contributed by atoms with Gasteiger partial charge in [-0.2, -0.15) is 5.10 Å². The molecular weight excluding hydrogens is 310 g/mol. The fraction of sp³-hybridized carbons (Fsp3) is 0.688. The maximum absolute atomic E-state index is 12.4. The molecule has 2 aliphatic rings. The van der Waals surface area contributed by atoms with Crippen LogP contribution >= 0.6 is 0 Å². The first-order valence-electron chi connectivity index (χ1n) is 8.52. The number of rotatable bonds is 4. The molecule has 0 radical (unpaired) electrons. The van der Waals surface area contributed by atoms with Gasteiger partial charge in [0, 0.05) is 32.9 Å². The van der Waals surface area contributed by atoms with Crippen LogP contribution in [0.1, 0.15) is 29.4 Å². The van der Waals surface area contributed by atoms with Crippen LogP contribution in [0.5, 0.6) is 0 Å². The Kier molecular flexibility index (Phi) is 5.47. The topological polar surface area (TPSA) is 79.7 Å². The summed E-state index contributed by atoms with van der Waals surface area (Å²) in [5, 5.41) is 6.96. The summed E-state index contributed by atoms with van der Waals surface area (Å²) in [6.07, 6.45) is 3.88. The van der Waals surface area contributed by atoms with E-state index in [-0.39, 0.29) is 17.9 Å². The summed E-state index contributed by atoms with van der Waals surface area (Å²) in [4.78, 5) is 28.1. The number of amides is 2. The van der Waals surface area contributed by atoms with Crippen LogP contribution in [0, 0.1) is 0 Å². The molecule has 2 amide bonds. The molecule has 132 valence electrons. The average Bonchev–Trinajstić information content (AvgIpc) is 3.12. The SMILES string of the molecule is CNC(=O)c1ccn(C2CCCN(CC(=O)N3CCOCC3)C2)n1. The second-order valence-electron chi connectivity index (χ2n) is 6.28. The highest BCUT2D eigenvalue weighted by Crippen LogP contribution is 2.21. The standard InChI is InChI=1S/C16H25N5O3/c1-17-16(23)14-4-6-21(18-14)13-3-2-5-19(11-13)12-15(22)20-7-9-24-10-8-20/h4,6,13H,2-3,5,7-12H2,1H3,(H,17,23). The lowest BCUT2D eigenvalue weighted by molar-refractivity contribution is -0.136. The first-order chi connectivity index (χ1) is 11.7. The first kappa shape index (κ1) is 16.9. The lowest BCUT2D eigenvalue weighted by Gasteiger charge is -2.34. The molecule has 3 rings (SSSR count). The van der Waals surface area contributed by atoms with E-state index in [1.54, 1.807) is 13.1 Å². The molecule has 0 spiro atoms. The molecule has 0 aromatic carbocycles. The molecule has 1 unspecified atom stereocenters. The van der Waals surface area contributed by atoms with E-state index >= 15 is 0 Å². The number of aromatic nitrogens is 2. The molecule has 0 bridgehead atoms. The Labute approximate surface area is 141 Å². The van der Waals surface area contributed by atoms with Crippen molar-refractivity contribution in [3.8, 4) is 0 Å². The summed E-state index contributed by atoms with van der Waals surface area (Å²) < 4.78 is 7.15. The second kappa shape index (κ2) is 7.76. The van der Waals surface area contributed by atoms with Crippen LogP contribution in [-0.2, 0) is 9.53 Å². The van der Waals surface area contributed by atoms with E-state index < -0.39 is 0 Å². The van der Waals surface area contributed by atoms with E-state index in [0.717, 1.165) is 25.9 Å². The van der Waals surface area contributed by atoms with E-state index in [1.807, 2.05) is 15.8 Å². The van der Waals surface area contributed by atoms with Crippen LogP contribution in [0.15, 0.2) is 12.3 Å². The second-order valence-corrected chi connectivity index (χ2v) is 6.28. The third kappa shape index (κ3) is 3.93. The fourth-order valence-electron chi connectivity index (χ4n) is 3.29. The molecule has 1 N–H and O–H groups in total. The molecule has 1 atom stereocenters. The quantitative estimate of drug-likeness (QED) is 0.820. The number of carbonyl (C=O) groups is 2. The predicted octanol–water partition coefficient (Wildman–Crippen LogP) is -0.262. The monoisotopic (exact) mass is 335 g/mol. The number of morpholine rings is 1. The average molecular weight is 335 g/mol. The number of ether oxygens (including phenoxy) is 1. The van der Waals surface area contributed by atoms with Crippen molar-refractivity contribution < 1.29 is 14.3 Å². The van der Waals surface area contributed by atoms with Gasteiger partial charge in [-0.1, -0.05) is 0 Å². The largest absolute Gasteiger partial charge is 0.378 e. The highest BCUT2D eigenvalue weighted by Gasteiger charge is 2.26. The number of hydrogen-bond acceptors (Lipinski definition) is 5. The lowest BCUT2D eigenvalue weighted by Crippen LogP contribution is -2.48. The minimum Gasteiger partial charge on any atom is -0.378 e. The summed E-state index contributed by atoms with van der Waals surface area (Å²) >= 11 is 0. The van der Waals surface area contributed by atoms with E-state index in [0.29, 0.717) is 38.5 Å². The fourth-order valence-corrected chi connectivity index (χ4v) is 3.29. The van der Waals surface area contributed by atoms with Crippen LogP contribution in [0.4, 0.5) is 0 Å². The third-order valence-electron chi connectivity index (χ3n) is 4.65. The van der Waals surface area contributed by atoms with Crippen LogP contribution in [-0.4, -0.2) is 84.4 Å². The molecule has 2 saturated heterocycles. The van der Waals surface area contributed by atoms with Crippen molar-refractivity contribution >= 4 is 11.8 Å². The summed E-state index contributed by atoms with van der Waals surface area (Å²) in [6.45, 7) is 4.78. The third-order valence-corrected chi connectivity index (χ3v) is 4.65. The number of piperidine rings is 1. The first-order valence-corrected chi connectivity index (χ1v) is 8.52. The molecule has 2 fully saturated rings. The van der Waals surface area contributed by atoms with Gasteiger partial charge in [-0.25, -0.2) is 0 Å². The molecule has 8 nitrogen and oxygen atoms in total. The van der Waals surface area contributed by atoms with E-state index in [4.69, 9.17) is 4.74 Å². The van der Waals surface area contributed by atoms with Gasteiger partial charge < -0.3 is 15.0 Å². The Morgan fingerprint density at radius 2 is 2.12 bits per heavy atom. The molecule has 8 heteroatoms. The number of nitrogens with zero attached hydrogens (tertiary/aromatic N) is 4. The van der Waals surface area contributed by atoms with Gasteiger partial charge in [-0.3, -0.25) is 19.2 Å². The maximum atomic E-state index is 12.4. The van der Waals surface area contributed by atoms with Crippen molar-refractivity contribution in [2.75, 3.05) is 53.0 Å². The van der Waals surface area contributed by atoms with Crippen molar-refractivity contribution in [2.24, 2.45) is 0 Å². The van der Waals surface area contributed by atoms with Gasteiger partial charge in [0.2, 0.25) is 5.91 Å². The maximum Gasteiger partial charge on any atom is 0.271 e. The lowest BCUT2D eigenvalue weighted by atomic mass is 10.1. The Balaban J connectivity index is 1.56. The zero-order chi connectivity index (χ0) is 16.9. The minimum atomic E-state index is -0.177. The van der Waals surface area contributed by atoms with Crippen molar-refractivity contribution in [3.05, 3.63) is 18.0 Å². The van der Waals surface area contributed by atoms with Gasteiger partial charge in [0.25, 0.3) is 5.91 Å². The Morgan fingerprint density at radius 3 is 2.88 bits per heavy atom. The predicted molar refractivity (Wildman–Crippen MR) is 87.7 cm³/mol. The van der Waals surface area contributed by atoms with Gasteiger partial charge in [-0.15, -0.1) is 0 Å². The van der Waals surface area contributed by atoms with E-state index in [1.165, 1.54) is 0 Å². The number of nitrogens with one attached hydrogen (secondary N) is 1. The van der Waals surface area contributed by atoms with Gasteiger partial charge in [0.05, 0.1) is 25.8 Å². The number of carbonyl (C=O) groups excluding carboxylic acids is 2. The molecule has 3 heterocycles. The Morgan fingerprint density at radius 1 is 1.33 bits per heavy atom. The normalized spacial score (nSPS) is 22.4. The highest BCUT2D eigenvalue weighted by atomic mass is 16.5. The van der Waals surface area contributed by atoms with Crippen LogP contribution in [0.2, 0.25) is 0 Å². The molecule has 2 aliphatic heterocycles. The van der Waals surface area contributed by atoms with Gasteiger partial charge >= 0.3 is 0 Å². The van der Waals surface area contributed by atoms with Crippen LogP contribution in [0.3, 0.4) is 0 Å². The van der Waals surface area contributed by atoms with E-state index in [2.05, 4.69) is 15.3 Å². The molecule has 1 aromatic rings. The summed E-state index contributed by atoms with van der Waals surface area (Å²) in [7, 11) is 1.60. The Hall–Kier alpha value is -1.93. The number of hydrogen-bond donors (Lipinski definition) is 1. The molecular formula is C16H25N5O3. The van der Waals surface area contributed by atoms with Crippen molar-refractivity contribution in [1.82, 2.24) is 24.9 Å². The Bertz CT molecular complexity index is 582. The van der Waals surface area contributed by atoms with Gasteiger partial charge in [-0.05, 0) is 25.5 Å². The summed E-state index contributed by atoms with van der Waals surface area (Å²) in [5.41, 5.74) is 0.430. The molecule has 0 aliphatic carbocycles. The van der Waals surface area contributed by atoms with Gasteiger partial charge in [0.15, 0.2) is 0 Å². The molecule has 0 saturated carbocycles. The zero-order valence-corrected chi connectivity index (χ0v) is 14.1. The molecule has 24 heavy (non-hydrogen) atoms.